The van der Waals surface area contributed by atoms with Gasteiger partial charge in [-0.2, -0.15) is 0 Å². The van der Waals surface area contributed by atoms with Crippen molar-refractivity contribution < 1.29 is 4.99 Å². The molecule has 0 saturated carbocycles. The van der Waals surface area contributed by atoms with Gasteiger partial charge in [-0.05, 0) is 15.9 Å². The first-order valence-corrected chi connectivity index (χ1v) is 3.14. The van der Waals surface area contributed by atoms with E-state index in [4.69, 9.17) is 0 Å². The Hall–Kier alpha value is -0.460. The molecule has 0 aliphatic carbocycles. The molecule has 0 aromatic rings. The van der Waals surface area contributed by atoms with Gasteiger partial charge in [0.05, 0.1) is 13.0 Å². The van der Waals surface area contributed by atoms with Crippen molar-refractivity contribution >= 4 is 21.6 Å². The lowest BCUT2D eigenvalue weighted by Gasteiger charge is -1.75. The molecule has 1 nitrogen and oxygen atoms in total. The third-order valence-corrected chi connectivity index (χ3v) is 1.31. The third kappa shape index (κ3) is 1.25. The molecule has 1 aliphatic rings. The Morgan fingerprint density at radius 3 is 2.88 bits per heavy atom. The van der Waals surface area contributed by atoms with Crippen LogP contribution >= 0.6 is 15.9 Å². The van der Waals surface area contributed by atoms with Crippen LogP contribution in [0.4, 0.5) is 0 Å². The van der Waals surface area contributed by atoms with Gasteiger partial charge in [-0.1, -0.05) is 0 Å². The molecular formula is C6H6BrN+2. The quantitative estimate of drug-likeness (QED) is 0.499. The smallest absolute Gasteiger partial charge is 0.108 e. The molecule has 0 atom stereocenters. The molecule has 0 spiro atoms. The number of halogens is 1. The summed E-state index contributed by atoms with van der Waals surface area (Å²) < 4.78 is 0.961. The average molecular weight is 172 g/mol. The first kappa shape index (κ1) is 5.67. The minimum Gasteiger partial charge on any atom is -0.108 e. The minimum absolute atomic E-state index is 0.961. The summed E-state index contributed by atoms with van der Waals surface area (Å²) >= 11 is 3.26. The zero-order valence-electron chi connectivity index (χ0n) is 4.53. The molecule has 0 aromatic carbocycles. The summed E-state index contributed by atoms with van der Waals surface area (Å²) in [6, 6.07) is 0. The Morgan fingerprint density at radius 1 is 1.75 bits per heavy atom. The number of hydrogen-bond acceptors (Lipinski definition) is 0. The zero-order valence-corrected chi connectivity index (χ0v) is 6.12. The van der Waals surface area contributed by atoms with E-state index in [-0.39, 0.29) is 0 Å². The summed E-state index contributed by atoms with van der Waals surface area (Å²) in [5.41, 5.74) is 1.12. The van der Waals surface area contributed by atoms with Gasteiger partial charge in [-0.15, -0.1) is 4.99 Å². The second kappa shape index (κ2) is 2.21. The van der Waals surface area contributed by atoms with Crippen molar-refractivity contribution in [3.63, 3.8) is 0 Å². The van der Waals surface area contributed by atoms with Gasteiger partial charge in [-0.3, -0.25) is 0 Å². The molecule has 1 aliphatic heterocycles. The Balaban J connectivity index is 2.86. The van der Waals surface area contributed by atoms with Crippen molar-refractivity contribution in [1.29, 1.82) is 0 Å². The monoisotopic (exact) mass is 171 g/mol. The van der Waals surface area contributed by atoms with Gasteiger partial charge in [0.25, 0.3) is 11.9 Å². The van der Waals surface area contributed by atoms with Crippen LogP contribution in [0, 0.1) is 6.08 Å². The van der Waals surface area contributed by atoms with E-state index in [9.17, 15) is 0 Å². The number of nitrogens with one attached hydrogen (secondary N) is 1. The maximum atomic E-state index is 3.26. The van der Waals surface area contributed by atoms with Gasteiger partial charge in [0.2, 0.25) is 4.48 Å². The molecule has 0 amide bonds. The van der Waals surface area contributed by atoms with E-state index >= 15 is 0 Å². The first-order valence-electron chi connectivity index (χ1n) is 2.34. The molecule has 40 valence electrons. The van der Waals surface area contributed by atoms with Crippen molar-refractivity contribution in [3.05, 3.63) is 22.8 Å². The van der Waals surface area contributed by atoms with Crippen LogP contribution in [0.15, 0.2) is 16.8 Å². The SMILES string of the molecule is CC1=[NH+]C=C(Br)[C+]=C1. The predicted molar refractivity (Wildman–Crippen MR) is 36.5 cm³/mol. The molecule has 2 heteroatoms. The molecule has 0 aromatic heterocycles. The van der Waals surface area contributed by atoms with Gasteiger partial charge in [0.1, 0.15) is 0 Å². The fourth-order valence-electron chi connectivity index (χ4n) is 0.438. The molecule has 0 saturated heterocycles. The third-order valence-electron chi connectivity index (χ3n) is 0.853. The lowest BCUT2D eigenvalue weighted by molar-refractivity contribution is -0.373. The molecule has 1 N–H and O–H groups in total. The van der Waals surface area contributed by atoms with Crippen molar-refractivity contribution in [2.24, 2.45) is 0 Å². The zero-order chi connectivity index (χ0) is 5.98. The highest BCUT2D eigenvalue weighted by molar-refractivity contribution is 9.11. The maximum Gasteiger partial charge on any atom is 0.288 e. The van der Waals surface area contributed by atoms with E-state index in [1.54, 1.807) is 0 Å². The second-order valence-corrected chi connectivity index (χ2v) is 2.46. The van der Waals surface area contributed by atoms with Gasteiger partial charge < -0.3 is 0 Å². The van der Waals surface area contributed by atoms with Crippen LogP contribution in [0.2, 0.25) is 0 Å². The summed E-state index contributed by atoms with van der Waals surface area (Å²) in [6.45, 7) is 1.99. The minimum atomic E-state index is 0.961. The van der Waals surface area contributed by atoms with E-state index in [2.05, 4.69) is 27.0 Å². The molecular weight excluding hydrogens is 166 g/mol. The molecule has 8 heavy (non-hydrogen) atoms. The second-order valence-electron chi connectivity index (χ2n) is 1.61. The molecule has 1 rings (SSSR count). The van der Waals surface area contributed by atoms with E-state index in [1.165, 1.54) is 0 Å². The Kier molecular flexibility index (Phi) is 1.56. The summed E-state index contributed by atoms with van der Waals surface area (Å²) in [7, 11) is 0. The molecule has 0 radical (unpaired) electrons. The van der Waals surface area contributed by atoms with Crippen LogP contribution < -0.4 is 4.99 Å². The van der Waals surface area contributed by atoms with Crippen molar-refractivity contribution in [1.82, 2.24) is 0 Å². The van der Waals surface area contributed by atoms with Crippen LogP contribution in [0.5, 0.6) is 0 Å². The first-order chi connectivity index (χ1) is 3.79. The van der Waals surface area contributed by atoms with E-state index < -0.39 is 0 Å². The van der Waals surface area contributed by atoms with Crippen molar-refractivity contribution in [2.75, 3.05) is 0 Å². The Labute approximate surface area is 56.9 Å². The van der Waals surface area contributed by atoms with Crippen molar-refractivity contribution in [3.8, 4) is 0 Å². The number of allylic oxidation sites excluding steroid dienone is 3. The van der Waals surface area contributed by atoms with E-state index in [0.29, 0.717) is 0 Å². The van der Waals surface area contributed by atoms with Gasteiger partial charge >= 0.3 is 0 Å². The van der Waals surface area contributed by atoms with Crippen LogP contribution in [0.1, 0.15) is 6.92 Å². The predicted octanol–water partition coefficient (Wildman–Crippen LogP) is 0.137. The molecule has 0 bridgehead atoms. The number of hydrogen-bond donors (Lipinski definition) is 1. The fraction of sp³-hybridized carbons (Fsp3) is 0.167. The Bertz CT molecular complexity index is 157. The lowest BCUT2D eigenvalue weighted by Crippen LogP contribution is -2.65. The molecule has 0 unspecified atom stereocenters. The van der Waals surface area contributed by atoms with Crippen LogP contribution in [-0.2, 0) is 0 Å². The van der Waals surface area contributed by atoms with Crippen molar-refractivity contribution in [2.45, 2.75) is 6.92 Å². The number of rotatable bonds is 0. The molecule has 1 heterocycles. The lowest BCUT2D eigenvalue weighted by atomic mass is 10.3. The van der Waals surface area contributed by atoms with Crippen LogP contribution in [-0.4, -0.2) is 5.71 Å². The van der Waals surface area contributed by atoms with Crippen LogP contribution in [0.25, 0.3) is 0 Å². The summed E-state index contributed by atoms with van der Waals surface area (Å²) in [6.07, 6.45) is 6.73. The fourth-order valence-corrected chi connectivity index (χ4v) is 0.667. The largest absolute Gasteiger partial charge is 0.288 e. The standard InChI is InChI=1S/C6H5BrN/c1-5-2-3-6(7)4-8-5/h2,4H,1H3/q+1/p+1. The van der Waals surface area contributed by atoms with E-state index in [1.807, 2.05) is 19.2 Å². The highest BCUT2D eigenvalue weighted by Gasteiger charge is 2.08. The highest BCUT2D eigenvalue weighted by atomic mass is 79.9. The maximum absolute atomic E-state index is 3.26. The topological polar surface area (TPSA) is 14.0 Å². The normalized spacial score (nSPS) is 16.8. The summed E-state index contributed by atoms with van der Waals surface area (Å²) in [4.78, 5) is 3.02. The average Bonchev–Trinajstić information content (AvgIpc) is 1.77. The van der Waals surface area contributed by atoms with Gasteiger partial charge in [0, 0.05) is 0 Å². The van der Waals surface area contributed by atoms with Crippen LogP contribution in [0.3, 0.4) is 0 Å². The van der Waals surface area contributed by atoms with Gasteiger partial charge in [0.15, 0.2) is 6.08 Å². The molecule has 0 fully saturated rings. The highest BCUT2D eigenvalue weighted by Crippen LogP contribution is 2.02. The van der Waals surface area contributed by atoms with E-state index in [0.717, 1.165) is 10.2 Å². The van der Waals surface area contributed by atoms with Gasteiger partial charge in [-0.25, -0.2) is 0 Å². The summed E-state index contributed by atoms with van der Waals surface area (Å²) in [5, 5.41) is 0. The Morgan fingerprint density at radius 2 is 2.50 bits per heavy atom. The summed E-state index contributed by atoms with van der Waals surface area (Å²) in [5.74, 6) is 0.